The maximum Gasteiger partial charge on any atom is 0.654 e. The number of hydrogen-bond donors (Lipinski definition) is 0. The first kappa shape index (κ1) is 17.3. The van der Waals surface area contributed by atoms with Gasteiger partial charge in [0.25, 0.3) is 0 Å². The number of hydrogen-bond acceptors (Lipinski definition) is 1. The minimum atomic E-state index is 0.0623. The van der Waals surface area contributed by atoms with Gasteiger partial charge < -0.3 is 9.05 Å². The molecule has 2 aliphatic rings. The van der Waals surface area contributed by atoms with E-state index in [-0.39, 0.29) is 5.87 Å². The van der Waals surface area contributed by atoms with Crippen molar-refractivity contribution in [1.29, 1.82) is 0 Å². The Labute approximate surface area is 159 Å². The van der Waals surface area contributed by atoms with Gasteiger partial charge in [-0.05, 0) is 35.0 Å². The first-order chi connectivity index (χ1) is 12.3. The summed E-state index contributed by atoms with van der Waals surface area (Å²) >= 11 is 3.94. The van der Waals surface area contributed by atoms with E-state index in [9.17, 15) is 0 Å². The van der Waals surface area contributed by atoms with Crippen molar-refractivity contribution in [3.8, 4) is 0 Å². The smallest absolute Gasteiger partial charge is 0.371 e. The Balaban J connectivity index is 1.73. The first-order valence-electron chi connectivity index (χ1n) is 9.48. The zero-order valence-corrected chi connectivity index (χ0v) is 16.3. The van der Waals surface area contributed by atoms with Crippen molar-refractivity contribution < 1.29 is 9.05 Å². The van der Waals surface area contributed by atoms with Gasteiger partial charge in [0.1, 0.15) is 0 Å². The van der Waals surface area contributed by atoms with Gasteiger partial charge in [-0.1, -0.05) is 67.1 Å². The van der Waals surface area contributed by atoms with E-state index >= 15 is 0 Å². The van der Waals surface area contributed by atoms with E-state index in [0.717, 1.165) is 24.1 Å². The van der Waals surface area contributed by atoms with Gasteiger partial charge in [-0.2, -0.15) is 0 Å². The summed E-state index contributed by atoms with van der Waals surface area (Å²) in [4.78, 5) is 0. The summed E-state index contributed by atoms with van der Waals surface area (Å²) in [6, 6.07) is 22.5. The van der Waals surface area contributed by atoms with E-state index < -0.39 is 0 Å². The summed E-state index contributed by atoms with van der Waals surface area (Å²) in [5.41, 5.74) is 2.80. The molecule has 2 fully saturated rings. The average Bonchev–Trinajstić information content (AvgIpc) is 2.67. The van der Waals surface area contributed by atoms with E-state index in [1.54, 1.807) is 0 Å². The monoisotopic (exact) mass is 398 g/mol. The zero-order chi connectivity index (χ0) is 17.1. The Morgan fingerprint density at radius 2 is 1.44 bits per heavy atom. The molecule has 0 amide bonds. The highest BCUT2D eigenvalue weighted by atomic mass is 79.9. The Morgan fingerprint density at radius 1 is 0.880 bits per heavy atom. The lowest BCUT2D eigenvalue weighted by Gasteiger charge is -2.54. The van der Waals surface area contributed by atoms with Crippen LogP contribution >= 0.6 is 15.8 Å². The second-order valence-electron chi connectivity index (χ2n) is 7.63. The lowest BCUT2D eigenvalue weighted by atomic mass is 9.76. The van der Waals surface area contributed by atoms with Gasteiger partial charge in [-0.3, -0.25) is 0 Å². The first-order valence-corrected chi connectivity index (χ1v) is 10.4. The van der Waals surface area contributed by atoms with Crippen LogP contribution in [0.1, 0.15) is 36.8 Å². The van der Waals surface area contributed by atoms with Crippen molar-refractivity contribution in [1.82, 2.24) is 0 Å². The van der Waals surface area contributed by atoms with Crippen molar-refractivity contribution in [3.63, 3.8) is 0 Å². The highest BCUT2D eigenvalue weighted by Gasteiger charge is 2.55. The van der Waals surface area contributed by atoms with E-state index in [1.165, 1.54) is 36.8 Å². The fourth-order valence-corrected chi connectivity index (χ4v) is 5.59. The summed E-state index contributed by atoms with van der Waals surface area (Å²) in [6.07, 6.45) is 5.34. The third kappa shape index (κ3) is 3.58. The lowest BCUT2D eigenvalue weighted by Crippen LogP contribution is -2.68. The molecule has 0 unspecified atom stereocenters. The molecule has 1 aliphatic carbocycles. The fraction of sp³-hybridized carbons (Fsp3) is 0.429. The Kier molecular flexibility index (Phi) is 5.30. The number of quaternary nitrogens is 1. The Hall–Kier alpha value is -1.10. The van der Waals surface area contributed by atoms with Crippen molar-refractivity contribution >= 4 is 21.6 Å². The SMILES string of the molecule is BrB1OC[C@@H]2CCCC[C@H]2[N+]1(Cc1ccccc1)Cc1ccccc1. The van der Waals surface area contributed by atoms with Crippen LogP contribution in [0.15, 0.2) is 60.7 Å². The van der Waals surface area contributed by atoms with Crippen molar-refractivity contribution in [3.05, 3.63) is 71.8 Å². The number of rotatable bonds is 4. The van der Waals surface area contributed by atoms with E-state index in [1.807, 2.05) is 0 Å². The molecule has 1 heterocycles. The summed E-state index contributed by atoms with van der Waals surface area (Å²) in [7, 11) is 0. The molecule has 0 bridgehead atoms. The average molecular weight is 399 g/mol. The van der Waals surface area contributed by atoms with Gasteiger partial charge in [-0.25, -0.2) is 0 Å². The van der Waals surface area contributed by atoms with Crippen LogP contribution in [0, 0.1) is 5.92 Å². The molecule has 1 saturated heterocycles. The predicted octanol–water partition coefficient (Wildman–Crippen LogP) is 5.17. The molecule has 0 N–H and O–H groups in total. The summed E-state index contributed by atoms with van der Waals surface area (Å²) in [6.45, 7) is 2.95. The van der Waals surface area contributed by atoms with Crippen LogP contribution in [0.5, 0.6) is 0 Å². The Bertz CT molecular complexity index is 639. The molecular formula is C21H26BBrNO+. The van der Waals surface area contributed by atoms with Gasteiger partial charge in [0.2, 0.25) is 0 Å². The minimum Gasteiger partial charge on any atom is -0.371 e. The summed E-state index contributed by atoms with van der Waals surface area (Å²) in [5.74, 6) is 0.752. The molecule has 1 aliphatic heterocycles. The van der Waals surface area contributed by atoms with Gasteiger partial charge in [-0.15, -0.1) is 0 Å². The van der Waals surface area contributed by atoms with E-state index in [0.29, 0.717) is 12.0 Å². The van der Waals surface area contributed by atoms with Crippen LogP contribution in [0.4, 0.5) is 0 Å². The normalized spacial score (nSPS) is 25.4. The summed E-state index contributed by atoms with van der Waals surface area (Å²) in [5, 5.41) is 0. The van der Waals surface area contributed by atoms with Gasteiger partial charge in [0.05, 0.1) is 19.1 Å². The van der Waals surface area contributed by atoms with Gasteiger partial charge in [0.15, 0.2) is 0 Å². The number of nitrogens with zero attached hydrogens (tertiary/aromatic N) is 1. The fourth-order valence-electron chi connectivity index (χ4n) is 4.84. The third-order valence-electron chi connectivity index (χ3n) is 6.02. The van der Waals surface area contributed by atoms with Gasteiger partial charge in [0, 0.05) is 23.7 Å². The van der Waals surface area contributed by atoms with E-state index in [2.05, 4.69) is 76.4 Å². The molecule has 4 rings (SSSR count). The van der Waals surface area contributed by atoms with Crippen molar-refractivity contribution in [2.75, 3.05) is 6.61 Å². The van der Waals surface area contributed by atoms with Gasteiger partial charge >= 0.3 is 5.87 Å². The highest BCUT2D eigenvalue weighted by molar-refractivity contribution is 9.24. The maximum absolute atomic E-state index is 6.30. The minimum absolute atomic E-state index is 0.0623. The number of fused-ring (bicyclic) bond motifs is 1. The molecule has 0 spiro atoms. The molecule has 2 nitrogen and oxygen atoms in total. The summed E-state index contributed by atoms with van der Waals surface area (Å²) < 4.78 is 7.27. The molecular weight excluding hydrogens is 373 g/mol. The third-order valence-corrected chi connectivity index (χ3v) is 7.10. The number of benzene rings is 2. The molecule has 130 valence electrons. The second kappa shape index (κ2) is 7.65. The van der Waals surface area contributed by atoms with Crippen LogP contribution in [-0.2, 0) is 17.7 Å². The molecule has 25 heavy (non-hydrogen) atoms. The molecule has 1 saturated carbocycles. The van der Waals surface area contributed by atoms with E-state index in [4.69, 9.17) is 4.65 Å². The van der Waals surface area contributed by atoms with Crippen LogP contribution in [0.25, 0.3) is 0 Å². The molecule has 0 aromatic heterocycles. The van der Waals surface area contributed by atoms with Crippen LogP contribution < -0.4 is 0 Å². The van der Waals surface area contributed by atoms with Crippen LogP contribution in [0.2, 0.25) is 0 Å². The molecule has 0 radical (unpaired) electrons. The largest absolute Gasteiger partial charge is 0.654 e. The quantitative estimate of drug-likeness (QED) is 0.645. The maximum atomic E-state index is 6.30. The topological polar surface area (TPSA) is 9.23 Å². The zero-order valence-electron chi connectivity index (χ0n) is 14.7. The molecule has 4 heteroatoms. The molecule has 2 aromatic rings. The number of halogens is 1. The lowest BCUT2D eigenvalue weighted by molar-refractivity contribution is -0.894. The Morgan fingerprint density at radius 3 is 2.04 bits per heavy atom. The van der Waals surface area contributed by atoms with Crippen molar-refractivity contribution in [2.24, 2.45) is 5.92 Å². The molecule has 2 atom stereocenters. The van der Waals surface area contributed by atoms with Crippen LogP contribution in [-0.4, -0.2) is 22.9 Å². The standard InChI is InChI=1S/C21H26BBrNO/c23-22-24(15-18-9-3-1-4-10-18,16-19-11-5-2-6-12-19)21-14-8-7-13-20(21)17-25-22/h1-6,9-12,20-21H,7-8,13-17H2/q+1/t20-,21+/m0/s1. The predicted molar refractivity (Wildman–Crippen MR) is 107 cm³/mol. The highest BCUT2D eigenvalue weighted by Crippen LogP contribution is 2.42. The molecule has 2 aromatic carbocycles. The second-order valence-corrected chi connectivity index (χ2v) is 8.41. The van der Waals surface area contributed by atoms with Crippen LogP contribution in [0.3, 0.4) is 0 Å². The van der Waals surface area contributed by atoms with Crippen molar-refractivity contribution in [2.45, 2.75) is 44.8 Å².